The first-order chi connectivity index (χ1) is 11.8. The van der Waals surface area contributed by atoms with Gasteiger partial charge in [0.25, 0.3) is 0 Å². The maximum Gasteiger partial charge on any atom is 0.323 e. The summed E-state index contributed by atoms with van der Waals surface area (Å²) in [5, 5.41) is 20.2. The fraction of sp³-hybridized carbons (Fsp3) is 0.842. The lowest BCUT2D eigenvalue weighted by atomic mass is 9.84. The number of carbonyl (C=O) groups excluding carboxylic acids is 2. The van der Waals surface area contributed by atoms with Crippen LogP contribution in [-0.2, 0) is 23.9 Å². The van der Waals surface area contributed by atoms with Gasteiger partial charge in [-0.15, -0.1) is 0 Å². The second kappa shape index (κ2) is 9.01. The highest BCUT2D eigenvalue weighted by molar-refractivity contribution is 5.80. The Bertz CT molecular complexity index is 508. The number of rotatable bonds is 7. The molecule has 8 heteroatoms. The predicted molar refractivity (Wildman–Crippen MR) is 100 cm³/mol. The number of ether oxygens (including phenoxy) is 2. The number of aliphatic carboxylic acids is 1. The summed E-state index contributed by atoms with van der Waals surface area (Å²) in [4.78, 5) is 37.4. The average molecular weight is 389 g/mol. The van der Waals surface area contributed by atoms with Gasteiger partial charge in [-0.05, 0) is 47.0 Å². The third-order valence-electron chi connectivity index (χ3n) is 3.34. The van der Waals surface area contributed by atoms with Crippen molar-refractivity contribution in [3.05, 3.63) is 0 Å². The molecule has 0 rings (SSSR count). The Hall–Kier alpha value is -1.67. The molecule has 2 atom stereocenters. The van der Waals surface area contributed by atoms with Gasteiger partial charge in [0.05, 0.1) is 19.2 Å². The van der Waals surface area contributed by atoms with Crippen molar-refractivity contribution < 1.29 is 34.1 Å². The molecule has 2 unspecified atom stereocenters. The second-order valence-electron chi connectivity index (χ2n) is 9.67. The van der Waals surface area contributed by atoms with Gasteiger partial charge in [-0.1, -0.05) is 20.8 Å². The molecular formula is C19H35NO7. The minimum atomic E-state index is -1.48. The van der Waals surface area contributed by atoms with Crippen LogP contribution < -0.4 is 0 Å². The van der Waals surface area contributed by atoms with Crippen molar-refractivity contribution in [2.45, 2.75) is 85.7 Å². The highest BCUT2D eigenvalue weighted by Gasteiger charge is 2.41. The van der Waals surface area contributed by atoms with E-state index in [0.717, 1.165) is 4.90 Å². The summed E-state index contributed by atoms with van der Waals surface area (Å²) in [6.07, 6.45) is -1.33. The molecule has 0 spiro atoms. The number of hydrogen-bond donors (Lipinski definition) is 2. The minimum absolute atomic E-state index is 0.472. The summed E-state index contributed by atoms with van der Waals surface area (Å²) in [5.74, 6) is -2.73. The molecule has 0 radical (unpaired) electrons. The monoisotopic (exact) mass is 389 g/mol. The highest BCUT2D eigenvalue weighted by Crippen LogP contribution is 2.25. The number of carboxylic acids is 1. The minimum Gasteiger partial charge on any atom is -0.480 e. The van der Waals surface area contributed by atoms with Crippen LogP contribution >= 0.6 is 0 Å². The maximum atomic E-state index is 12.2. The van der Waals surface area contributed by atoms with Gasteiger partial charge < -0.3 is 19.7 Å². The number of nitrogens with zero attached hydrogens (tertiary/aromatic N) is 1. The lowest BCUT2D eigenvalue weighted by molar-refractivity contribution is -0.167. The van der Waals surface area contributed by atoms with Gasteiger partial charge in [0.15, 0.2) is 0 Å². The highest BCUT2D eigenvalue weighted by atomic mass is 16.6. The van der Waals surface area contributed by atoms with Crippen LogP contribution in [0.2, 0.25) is 0 Å². The van der Waals surface area contributed by atoms with Gasteiger partial charge in [0.2, 0.25) is 0 Å². The van der Waals surface area contributed by atoms with E-state index in [4.69, 9.17) is 9.47 Å². The van der Waals surface area contributed by atoms with Crippen LogP contribution in [0.1, 0.15) is 62.3 Å². The van der Waals surface area contributed by atoms with Crippen LogP contribution in [0.5, 0.6) is 0 Å². The van der Waals surface area contributed by atoms with E-state index >= 15 is 0 Å². The van der Waals surface area contributed by atoms with E-state index in [2.05, 4.69) is 0 Å². The summed E-state index contributed by atoms with van der Waals surface area (Å²) in [7, 11) is 0. The average Bonchev–Trinajstić information content (AvgIpc) is 2.31. The van der Waals surface area contributed by atoms with Crippen molar-refractivity contribution in [3.63, 3.8) is 0 Å². The first-order valence-corrected chi connectivity index (χ1v) is 8.92. The van der Waals surface area contributed by atoms with Crippen LogP contribution in [-0.4, -0.2) is 69.5 Å². The molecule has 0 heterocycles. The topological polar surface area (TPSA) is 113 Å². The summed E-state index contributed by atoms with van der Waals surface area (Å²) in [6, 6.07) is -1.48. The van der Waals surface area contributed by atoms with Gasteiger partial charge in [-0.25, -0.2) is 0 Å². The normalized spacial score (nSPS) is 15.2. The molecule has 0 saturated carbocycles. The zero-order valence-electron chi connectivity index (χ0n) is 18.0. The van der Waals surface area contributed by atoms with E-state index in [0.29, 0.717) is 0 Å². The summed E-state index contributed by atoms with van der Waals surface area (Å²) < 4.78 is 10.5. The van der Waals surface area contributed by atoms with E-state index < -0.39 is 59.8 Å². The molecule has 0 saturated heterocycles. The molecule has 0 aliphatic carbocycles. The lowest BCUT2D eigenvalue weighted by Crippen LogP contribution is -2.56. The Morgan fingerprint density at radius 2 is 1.15 bits per heavy atom. The molecule has 0 aromatic rings. The fourth-order valence-corrected chi connectivity index (χ4v) is 2.30. The Morgan fingerprint density at radius 3 is 1.37 bits per heavy atom. The molecule has 2 N–H and O–H groups in total. The van der Waals surface area contributed by atoms with Crippen LogP contribution in [0.4, 0.5) is 0 Å². The van der Waals surface area contributed by atoms with Gasteiger partial charge in [0, 0.05) is 0 Å². The number of esters is 2. The molecule has 0 aliphatic heterocycles. The first kappa shape index (κ1) is 25.3. The molecule has 27 heavy (non-hydrogen) atoms. The van der Waals surface area contributed by atoms with Crippen LogP contribution in [0.3, 0.4) is 0 Å². The van der Waals surface area contributed by atoms with E-state index in [1.54, 1.807) is 62.3 Å². The SMILES string of the molecule is CC(C)(C)OC(=O)CN(CC(=O)OC(C)(C)C)C(C(=O)O)C(O)C(C)(C)C. The van der Waals surface area contributed by atoms with Crippen molar-refractivity contribution in [3.8, 4) is 0 Å². The summed E-state index contributed by atoms with van der Waals surface area (Å²) >= 11 is 0. The summed E-state index contributed by atoms with van der Waals surface area (Å²) in [6.45, 7) is 14.2. The molecule has 8 nitrogen and oxygen atoms in total. The van der Waals surface area contributed by atoms with E-state index in [9.17, 15) is 24.6 Å². The zero-order chi connectivity index (χ0) is 21.8. The van der Waals surface area contributed by atoms with Crippen LogP contribution in [0.25, 0.3) is 0 Å². The molecular weight excluding hydrogens is 354 g/mol. The number of carboxylic acid groups (broad SMARTS) is 1. The molecule has 0 aromatic carbocycles. The van der Waals surface area contributed by atoms with Gasteiger partial charge in [-0.3, -0.25) is 19.3 Å². The molecule has 0 amide bonds. The van der Waals surface area contributed by atoms with Crippen molar-refractivity contribution >= 4 is 17.9 Å². The fourth-order valence-electron chi connectivity index (χ4n) is 2.30. The largest absolute Gasteiger partial charge is 0.480 e. The Labute approximate surface area is 161 Å². The molecule has 0 aromatic heterocycles. The van der Waals surface area contributed by atoms with Crippen LogP contribution in [0, 0.1) is 5.41 Å². The summed E-state index contributed by atoms with van der Waals surface area (Å²) in [5.41, 5.74) is -2.32. The van der Waals surface area contributed by atoms with E-state index in [-0.39, 0.29) is 0 Å². The smallest absolute Gasteiger partial charge is 0.323 e. The lowest BCUT2D eigenvalue weighted by Gasteiger charge is -2.37. The number of aliphatic hydroxyl groups is 1. The Kier molecular flexibility index (Phi) is 8.46. The third-order valence-corrected chi connectivity index (χ3v) is 3.34. The van der Waals surface area contributed by atoms with E-state index in [1.807, 2.05) is 0 Å². The van der Waals surface area contributed by atoms with Crippen molar-refractivity contribution in [2.75, 3.05) is 13.1 Å². The molecule has 0 bridgehead atoms. The molecule has 158 valence electrons. The Balaban J connectivity index is 5.68. The second-order valence-corrected chi connectivity index (χ2v) is 9.67. The number of hydrogen-bond acceptors (Lipinski definition) is 7. The quantitative estimate of drug-likeness (QED) is 0.634. The predicted octanol–water partition coefficient (Wildman–Crippen LogP) is 1.83. The first-order valence-electron chi connectivity index (χ1n) is 8.92. The van der Waals surface area contributed by atoms with Gasteiger partial charge in [-0.2, -0.15) is 0 Å². The van der Waals surface area contributed by atoms with Gasteiger partial charge >= 0.3 is 17.9 Å². The van der Waals surface area contributed by atoms with Crippen molar-refractivity contribution in [1.29, 1.82) is 0 Å². The number of aliphatic hydroxyl groups excluding tert-OH is 1. The van der Waals surface area contributed by atoms with Crippen LogP contribution in [0.15, 0.2) is 0 Å². The maximum absolute atomic E-state index is 12.2. The Morgan fingerprint density at radius 1 is 0.815 bits per heavy atom. The molecule has 0 aliphatic rings. The third kappa shape index (κ3) is 10.3. The molecule has 0 fully saturated rings. The van der Waals surface area contributed by atoms with E-state index in [1.165, 1.54) is 0 Å². The van der Waals surface area contributed by atoms with Gasteiger partial charge in [0.1, 0.15) is 17.2 Å². The standard InChI is InChI=1S/C19H35NO7/c1-17(2,3)15(23)14(16(24)25)20(10-12(21)26-18(4,5)6)11-13(22)27-19(7,8)9/h14-15,23H,10-11H2,1-9H3,(H,24,25). The van der Waals surface area contributed by atoms with Crippen molar-refractivity contribution in [2.24, 2.45) is 5.41 Å². The number of carbonyl (C=O) groups is 3. The van der Waals surface area contributed by atoms with Crippen molar-refractivity contribution in [1.82, 2.24) is 4.90 Å². The zero-order valence-corrected chi connectivity index (χ0v) is 18.0.